The molecule has 1 atom stereocenters. The van der Waals surface area contributed by atoms with Crippen LogP contribution in [-0.4, -0.2) is 39.7 Å². The monoisotopic (exact) mass is 803 g/mol. The Hall–Kier alpha value is -5.75. The predicted octanol–water partition coefficient (Wildman–Crippen LogP) is 12.6. The van der Waals surface area contributed by atoms with Crippen LogP contribution in [0.4, 0.5) is 5.69 Å². The number of benzene rings is 7. The zero-order valence-corrected chi connectivity index (χ0v) is 35.1. The van der Waals surface area contributed by atoms with Crippen LogP contribution in [0, 0.1) is 0 Å². The summed E-state index contributed by atoms with van der Waals surface area (Å²) in [6, 6.07) is 56.0. The number of rotatable bonds is 7. The third kappa shape index (κ3) is 5.62. The summed E-state index contributed by atoms with van der Waals surface area (Å²) in [7, 11) is 1.72. The van der Waals surface area contributed by atoms with Crippen molar-refractivity contribution in [2.75, 3.05) is 44.6 Å². The normalized spacial score (nSPS) is 19.7. The van der Waals surface area contributed by atoms with Crippen LogP contribution in [0.3, 0.4) is 0 Å². The number of anilines is 1. The molecule has 11 rings (SSSR count). The highest BCUT2D eigenvalue weighted by molar-refractivity contribution is 7.98. The fraction of sp³-hybridized carbons (Fsp3) is 0.236. The molecule has 1 saturated heterocycles. The highest BCUT2D eigenvalue weighted by atomic mass is 32.2. The molecule has 2 fully saturated rings. The van der Waals surface area contributed by atoms with Gasteiger partial charge in [-0.3, -0.25) is 0 Å². The Labute approximate surface area is 357 Å². The lowest BCUT2D eigenvalue weighted by molar-refractivity contribution is 0.122. The second-order valence-electron chi connectivity index (χ2n) is 16.9. The van der Waals surface area contributed by atoms with Gasteiger partial charge in [0, 0.05) is 50.9 Å². The number of nitrogens with zero attached hydrogens (tertiary/aromatic N) is 1. The summed E-state index contributed by atoms with van der Waals surface area (Å²) in [6.07, 6.45) is 11.1. The van der Waals surface area contributed by atoms with Crippen LogP contribution in [0.2, 0.25) is 0 Å². The van der Waals surface area contributed by atoms with Crippen molar-refractivity contribution in [2.24, 2.45) is 0 Å². The quantitative estimate of drug-likeness (QED) is 0.150. The number of fused-ring (bicyclic) bond motifs is 10. The van der Waals surface area contributed by atoms with E-state index in [0.29, 0.717) is 0 Å². The maximum absolute atomic E-state index is 7.83. The highest BCUT2D eigenvalue weighted by Gasteiger charge is 2.53. The smallest absolute Gasteiger partial charge is 0.178 e. The van der Waals surface area contributed by atoms with Crippen LogP contribution in [-0.2, 0) is 21.2 Å². The van der Waals surface area contributed by atoms with Crippen molar-refractivity contribution in [1.29, 1.82) is 0 Å². The molecule has 2 aliphatic carbocycles. The molecule has 5 heteroatoms. The first kappa shape index (κ1) is 37.3. The van der Waals surface area contributed by atoms with Crippen LogP contribution < -0.4 is 14.4 Å². The van der Waals surface area contributed by atoms with Crippen molar-refractivity contribution in [3.05, 3.63) is 197 Å². The van der Waals surface area contributed by atoms with Crippen LogP contribution >= 0.6 is 11.8 Å². The summed E-state index contributed by atoms with van der Waals surface area (Å²) in [6.45, 7) is 3.23. The predicted molar refractivity (Wildman–Crippen MR) is 247 cm³/mol. The third-order valence-electron chi connectivity index (χ3n) is 14.2. The van der Waals surface area contributed by atoms with Crippen molar-refractivity contribution in [2.45, 2.75) is 47.0 Å². The fourth-order valence-electron chi connectivity index (χ4n) is 11.3. The van der Waals surface area contributed by atoms with Gasteiger partial charge in [0.15, 0.2) is 5.60 Å². The Balaban J connectivity index is 1.18. The van der Waals surface area contributed by atoms with Crippen molar-refractivity contribution in [3.8, 4) is 22.6 Å². The van der Waals surface area contributed by atoms with Crippen molar-refractivity contribution in [1.82, 2.24) is 0 Å². The van der Waals surface area contributed by atoms with Gasteiger partial charge in [-0.1, -0.05) is 133 Å². The SMILES string of the molecule is COc1ccc(C2(c3ccccc3)C=Cc3c4c(c5cc(N6CCOCC6)c(SC)cc5c3O2)-c2ccccc2C42CCC(c3ccccc3)(c3ccccc3)CC2)cc1. The van der Waals surface area contributed by atoms with E-state index in [9.17, 15) is 0 Å². The van der Waals surface area contributed by atoms with Crippen LogP contribution in [0.25, 0.3) is 28.0 Å². The molecular weight excluding hydrogens is 755 g/mol. The fourth-order valence-corrected chi connectivity index (χ4v) is 11.9. The minimum atomic E-state index is -0.856. The molecule has 0 N–H and O–H groups in total. The van der Waals surface area contributed by atoms with E-state index in [4.69, 9.17) is 14.2 Å². The lowest BCUT2D eigenvalue weighted by atomic mass is 9.56. The number of ether oxygens (including phenoxy) is 3. The molecule has 1 saturated carbocycles. The van der Waals surface area contributed by atoms with Gasteiger partial charge in [0.1, 0.15) is 11.5 Å². The first-order chi connectivity index (χ1) is 29.6. The van der Waals surface area contributed by atoms with E-state index in [2.05, 4.69) is 163 Å². The number of methoxy groups -OCH3 is 1. The second-order valence-corrected chi connectivity index (χ2v) is 17.7. The zero-order valence-electron chi connectivity index (χ0n) is 34.3. The van der Waals surface area contributed by atoms with E-state index in [0.717, 1.165) is 80.0 Å². The van der Waals surface area contributed by atoms with Crippen LogP contribution in [0.5, 0.6) is 11.5 Å². The molecule has 7 aromatic rings. The zero-order chi connectivity index (χ0) is 40.3. The van der Waals surface area contributed by atoms with Crippen molar-refractivity contribution in [3.63, 3.8) is 0 Å². The summed E-state index contributed by atoms with van der Waals surface area (Å²) in [5.41, 5.74) is 12.0. The van der Waals surface area contributed by atoms with E-state index < -0.39 is 5.60 Å². The molecule has 4 aliphatic rings. The molecule has 1 spiro atoms. The van der Waals surface area contributed by atoms with E-state index in [1.165, 1.54) is 54.9 Å². The molecule has 0 bridgehead atoms. The summed E-state index contributed by atoms with van der Waals surface area (Å²) >= 11 is 1.82. The van der Waals surface area contributed by atoms with Crippen LogP contribution in [0.1, 0.15) is 64.6 Å². The Bertz CT molecular complexity index is 2690. The molecule has 2 aliphatic heterocycles. The molecule has 2 heterocycles. The Morgan fingerprint density at radius 3 is 1.83 bits per heavy atom. The molecule has 0 aromatic heterocycles. The molecule has 0 amide bonds. The van der Waals surface area contributed by atoms with Gasteiger partial charge in [0.25, 0.3) is 0 Å². The molecular formula is C55H49NO3S. The molecule has 298 valence electrons. The van der Waals surface area contributed by atoms with E-state index >= 15 is 0 Å². The molecule has 0 radical (unpaired) electrons. The Morgan fingerprint density at radius 1 is 0.617 bits per heavy atom. The van der Waals surface area contributed by atoms with Gasteiger partial charge in [0.2, 0.25) is 0 Å². The largest absolute Gasteiger partial charge is 0.497 e. The topological polar surface area (TPSA) is 30.9 Å². The number of thioether (sulfide) groups is 1. The summed E-state index contributed by atoms with van der Waals surface area (Å²) in [4.78, 5) is 3.78. The van der Waals surface area contributed by atoms with Gasteiger partial charge >= 0.3 is 0 Å². The maximum atomic E-state index is 7.83. The summed E-state index contributed by atoms with van der Waals surface area (Å²) in [5.74, 6) is 1.79. The Kier molecular flexibility index (Phi) is 9.17. The van der Waals surface area contributed by atoms with E-state index in [-0.39, 0.29) is 10.8 Å². The first-order valence-corrected chi connectivity index (χ1v) is 22.7. The molecule has 7 aromatic carbocycles. The molecule has 1 unspecified atom stereocenters. The van der Waals surface area contributed by atoms with Crippen molar-refractivity contribution >= 4 is 34.3 Å². The van der Waals surface area contributed by atoms with Gasteiger partial charge < -0.3 is 19.1 Å². The second kappa shape index (κ2) is 14.8. The molecule has 60 heavy (non-hydrogen) atoms. The van der Waals surface area contributed by atoms with Gasteiger partial charge in [-0.15, -0.1) is 11.8 Å². The minimum absolute atomic E-state index is 0.0811. The lowest BCUT2D eigenvalue weighted by Crippen LogP contribution is -2.41. The lowest BCUT2D eigenvalue weighted by Gasteiger charge is -2.48. The van der Waals surface area contributed by atoms with Gasteiger partial charge in [-0.2, -0.15) is 0 Å². The number of morpholine rings is 1. The highest BCUT2D eigenvalue weighted by Crippen LogP contribution is 2.65. The van der Waals surface area contributed by atoms with E-state index in [1.54, 1.807) is 7.11 Å². The average Bonchev–Trinajstić information content (AvgIpc) is 3.62. The maximum Gasteiger partial charge on any atom is 0.178 e. The van der Waals surface area contributed by atoms with Crippen LogP contribution in [0.15, 0.2) is 163 Å². The Morgan fingerprint density at radius 2 is 1.20 bits per heavy atom. The minimum Gasteiger partial charge on any atom is -0.497 e. The summed E-state index contributed by atoms with van der Waals surface area (Å²) < 4.78 is 19.3. The van der Waals surface area contributed by atoms with Crippen molar-refractivity contribution < 1.29 is 14.2 Å². The average molecular weight is 804 g/mol. The van der Waals surface area contributed by atoms with Gasteiger partial charge in [-0.05, 0) is 101 Å². The molecule has 4 nitrogen and oxygen atoms in total. The third-order valence-corrected chi connectivity index (χ3v) is 15.0. The van der Waals surface area contributed by atoms with Gasteiger partial charge in [-0.25, -0.2) is 0 Å². The standard InChI is InChI=1S/C55H49NO3S/c1-57-42-24-22-41(23-25-42)55(40-18-10-5-11-19-40)27-26-44-51-50(45-36-48(56-32-34-58-35-33-56)49(60-2)37-46(45)52(44)59-55)43-20-12-13-21-47(43)54(51)30-28-53(29-31-54,38-14-6-3-7-15-38)39-16-8-4-9-17-39/h3-27,36-37H,28-35H2,1-2H3. The summed E-state index contributed by atoms with van der Waals surface area (Å²) in [5, 5.41) is 2.43. The number of hydrogen-bond acceptors (Lipinski definition) is 5. The number of hydrogen-bond donors (Lipinski definition) is 0. The first-order valence-electron chi connectivity index (χ1n) is 21.4. The van der Waals surface area contributed by atoms with Gasteiger partial charge in [0.05, 0.1) is 26.0 Å². The van der Waals surface area contributed by atoms with E-state index in [1.807, 2.05) is 23.9 Å².